The Hall–Kier alpha value is -3.01. The van der Waals surface area contributed by atoms with Crippen molar-refractivity contribution >= 4 is 27.5 Å². The van der Waals surface area contributed by atoms with Crippen molar-refractivity contribution in [3.05, 3.63) is 23.8 Å². The third-order valence-electron chi connectivity index (χ3n) is 4.22. The SMILES string of the molecule is CC(NC(=O)Nc1ccc(OC(F)(F)F)c(C#N)c1)C(=O)NCC1CCS(=O)(=O)C1. The van der Waals surface area contributed by atoms with Crippen LogP contribution in [-0.2, 0) is 14.6 Å². The summed E-state index contributed by atoms with van der Waals surface area (Å²) in [6.45, 7) is 1.57. The van der Waals surface area contributed by atoms with E-state index in [-0.39, 0.29) is 29.7 Å². The van der Waals surface area contributed by atoms with Gasteiger partial charge in [-0.15, -0.1) is 13.2 Å². The quantitative estimate of drug-likeness (QED) is 0.603. The fraction of sp³-hybridized carbons (Fsp3) is 0.471. The van der Waals surface area contributed by atoms with Gasteiger partial charge in [0.2, 0.25) is 5.91 Å². The Morgan fingerprint density at radius 3 is 2.63 bits per heavy atom. The molecule has 2 atom stereocenters. The molecule has 1 aliphatic rings. The first-order valence-electron chi connectivity index (χ1n) is 8.74. The number of benzene rings is 1. The van der Waals surface area contributed by atoms with Crippen LogP contribution in [0.15, 0.2) is 18.2 Å². The minimum Gasteiger partial charge on any atom is -0.404 e. The zero-order valence-corrected chi connectivity index (χ0v) is 16.6. The maximum atomic E-state index is 12.3. The first-order valence-corrected chi connectivity index (χ1v) is 10.6. The molecule has 30 heavy (non-hydrogen) atoms. The molecule has 2 rings (SSSR count). The van der Waals surface area contributed by atoms with Crippen LogP contribution in [-0.4, -0.2) is 50.8 Å². The number of hydrogen-bond donors (Lipinski definition) is 3. The van der Waals surface area contributed by atoms with Gasteiger partial charge in [0, 0.05) is 12.2 Å². The molecule has 1 aromatic rings. The van der Waals surface area contributed by atoms with Crippen LogP contribution in [0.4, 0.5) is 23.7 Å². The monoisotopic (exact) mass is 448 g/mol. The van der Waals surface area contributed by atoms with Crippen molar-refractivity contribution in [3.8, 4) is 11.8 Å². The molecule has 164 valence electrons. The van der Waals surface area contributed by atoms with Gasteiger partial charge in [-0.2, -0.15) is 5.26 Å². The van der Waals surface area contributed by atoms with Gasteiger partial charge < -0.3 is 20.7 Å². The van der Waals surface area contributed by atoms with E-state index >= 15 is 0 Å². The van der Waals surface area contributed by atoms with E-state index in [0.717, 1.165) is 18.2 Å². The highest BCUT2D eigenvalue weighted by atomic mass is 32.2. The van der Waals surface area contributed by atoms with Crippen molar-refractivity contribution in [1.82, 2.24) is 10.6 Å². The minimum atomic E-state index is -4.97. The van der Waals surface area contributed by atoms with Gasteiger partial charge in [0.1, 0.15) is 17.9 Å². The summed E-state index contributed by atoms with van der Waals surface area (Å²) in [4.78, 5) is 24.1. The molecule has 1 aliphatic heterocycles. The average molecular weight is 448 g/mol. The van der Waals surface area contributed by atoms with E-state index in [2.05, 4.69) is 20.7 Å². The number of nitriles is 1. The average Bonchev–Trinajstić information content (AvgIpc) is 2.98. The lowest BCUT2D eigenvalue weighted by atomic mass is 10.1. The lowest BCUT2D eigenvalue weighted by Crippen LogP contribution is -2.47. The molecular weight excluding hydrogens is 429 g/mol. The van der Waals surface area contributed by atoms with Crippen molar-refractivity contribution in [2.45, 2.75) is 25.7 Å². The highest BCUT2D eigenvalue weighted by Crippen LogP contribution is 2.28. The van der Waals surface area contributed by atoms with Crippen molar-refractivity contribution in [2.75, 3.05) is 23.4 Å². The molecule has 0 spiro atoms. The maximum Gasteiger partial charge on any atom is 0.573 e. The van der Waals surface area contributed by atoms with E-state index in [1.54, 1.807) is 0 Å². The first-order chi connectivity index (χ1) is 13.9. The molecule has 0 aliphatic carbocycles. The van der Waals surface area contributed by atoms with Crippen LogP contribution in [0.1, 0.15) is 18.9 Å². The van der Waals surface area contributed by atoms with E-state index in [9.17, 15) is 31.2 Å². The molecule has 1 saturated heterocycles. The summed E-state index contributed by atoms with van der Waals surface area (Å²) in [7, 11) is -3.06. The number of urea groups is 1. The molecule has 2 unspecified atom stereocenters. The van der Waals surface area contributed by atoms with Crippen LogP contribution < -0.4 is 20.7 Å². The van der Waals surface area contributed by atoms with Crippen LogP contribution in [0.2, 0.25) is 0 Å². The van der Waals surface area contributed by atoms with Crippen LogP contribution in [0.3, 0.4) is 0 Å². The number of anilines is 1. The molecule has 3 amide bonds. The fourth-order valence-electron chi connectivity index (χ4n) is 2.77. The van der Waals surface area contributed by atoms with Gasteiger partial charge in [0.25, 0.3) is 0 Å². The molecular formula is C17H19F3N4O5S. The number of carbonyl (C=O) groups is 2. The second-order valence-corrected chi connectivity index (χ2v) is 8.93. The number of nitrogens with zero attached hydrogens (tertiary/aromatic N) is 1. The molecule has 13 heteroatoms. The number of amides is 3. The second kappa shape index (κ2) is 9.21. The molecule has 3 N–H and O–H groups in total. The summed E-state index contributed by atoms with van der Waals surface area (Å²) in [6, 6.07) is 2.72. The summed E-state index contributed by atoms with van der Waals surface area (Å²) in [6.07, 6.45) is -4.51. The van der Waals surface area contributed by atoms with Gasteiger partial charge in [-0.3, -0.25) is 4.79 Å². The summed E-state index contributed by atoms with van der Waals surface area (Å²) in [5, 5.41) is 16.2. The second-order valence-electron chi connectivity index (χ2n) is 6.70. The van der Waals surface area contributed by atoms with Crippen molar-refractivity contribution in [1.29, 1.82) is 5.26 Å². The van der Waals surface area contributed by atoms with Gasteiger partial charge in [0.15, 0.2) is 9.84 Å². The summed E-state index contributed by atoms with van der Waals surface area (Å²) in [5.74, 6) is -1.33. The van der Waals surface area contributed by atoms with Crippen LogP contribution in [0.5, 0.6) is 5.75 Å². The van der Waals surface area contributed by atoms with Gasteiger partial charge in [-0.25, -0.2) is 13.2 Å². The Labute approximate surface area is 170 Å². The number of halogens is 3. The van der Waals surface area contributed by atoms with E-state index in [0.29, 0.717) is 6.42 Å². The minimum absolute atomic E-state index is 0.00481. The number of sulfone groups is 1. The summed E-state index contributed by atoms with van der Waals surface area (Å²) < 4.78 is 63.5. The van der Waals surface area contributed by atoms with Crippen molar-refractivity contribution in [2.24, 2.45) is 5.92 Å². The normalized spacial score (nSPS) is 18.7. The van der Waals surface area contributed by atoms with E-state index < -0.39 is 45.5 Å². The van der Waals surface area contributed by atoms with Gasteiger partial charge in [-0.05, 0) is 37.5 Å². The van der Waals surface area contributed by atoms with Gasteiger partial charge in [0.05, 0.1) is 17.1 Å². The standard InChI is InChI=1S/C17H19F3N4O5S/c1-10(15(25)22-8-11-4-5-30(27,28)9-11)23-16(26)24-13-2-3-14(12(6-13)7-21)29-17(18,19)20/h2-3,6,10-11H,4-5,8-9H2,1H3,(H,22,25)(H2,23,24,26). The van der Waals surface area contributed by atoms with Crippen LogP contribution in [0, 0.1) is 17.2 Å². The molecule has 9 nitrogen and oxygen atoms in total. The van der Waals surface area contributed by atoms with E-state index in [1.807, 2.05) is 0 Å². The van der Waals surface area contributed by atoms with Gasteiger partial charge in [-0.1, -0.05) is 0 Å². The Bertz CT molecular complexity index is 959. The van der Waals surface area contributed by atoms with Crippen molar-refractivity contribution in [3.63, 3.8) is 0 Å². The Morgan fingerprint density at radius 2 is 2.07 bits per heavy atom. The number of carbonyl (C=O) groups excluding carboxylic acids is 2. The third kappa shape index (κ3) is 7.11. The van der Waals surface area contributed by atoms with Crippen LogP contribution >= 0.6 is 0 Å². The highest BCUT2D eigenvalue weighted by molar-refractivity contribution is 7.91. The number of ether oxygens (including phenoxy) is 1. The van der Waals surface area contributed by atoms with Crippen LogP contribution in [0.25, 0.3) is 0 Å². The molecule has 1 heterocycles. The lowest BCUT2D eigenvalue weighted by molar-refractivity contribution is -0.274. The number of rotatable bonds is 6. The van der Waals surface area contributed by atoms with E-state index in [4.69, 9.17) is 5.26 Å². The summed E-state index contributed by atoms with van der Waals surface area (Å²) in [5.41, 5.74) is -0.426. The smallest absolute Gasteiger partial charge is 0.404 e. The van der Waals surface area contributed by atoms with E-state index in [1.165, 1.54) is 13.0 Å². The zero-order chi connectivity index (χ0) is 22.5. The largest absolute Gasteiger partial charge is 0.573 e. The first kappa shape index (κ1) is 23.3. The number of alkyl halides is 3. The molecule has 0 radical (unpaired) electrons. The third-order valence-corrected chi connectivity index (χ3v) is 6.05. The number of hydrogen-bond acceptors (Lipinski definition) is 6. The predicted molar refractivity (Wildman–Crippen MR) is 99.2 cm³/mol. The predicted octanol–water partition coefficient (Wildman–Crippen LogP) is 1.52. The molecule has 1 aromatic carbocycles. The molecule has 1 fully saturated rings. The zero-order valence-electron chi connectivity index (χ0n) is 15.7. The van der Waals surface area contributed by atoms with Crippen molar-refractivity contribution < 1.29 is 35.9 Å². The molecule has 0 bridgehead atoms. The topological polar surface area (TPSA) is 137 Å². The summed E-state index contributed by atoms with van der Waals surface area (Å²) >= 11 is 0. The number of nitrogens with one attached hydrogen (secondary N) is 3. The Morgan fingerprint density at radius 1 is 1.37 bits per heavy atom. The molecule has 0 aromatic heterocycles. The Balaban J connectivity index is 1.87. The van der Waals surface area contributed by atoms with Gasteiger partial charge >= 0.3 is 12.4 Å². The fourth-order valence-corrected chi connectivity index (χ4v) is 4.63. The Kier molecular flexibility index (Phi) is 7.14. The lowest BCUT2D eigenvalue weighted by Gasteiger charge is -2.17. The maximum absolute atomic E-state index is 12.3. The molecule has 0 saturated carbocycles. The highest BCUT2D eigenvalue weighted by Gasteiger charge is 2.32.